The molecule has 4 heterocycles. The first-order valence-electron chi connectivity index (χ1n) is 10.3. The van der Waals surface area contributed by atoms with Gasteiger partial charge in [-0.1, -0.05) is 30.3 Å². The molecule has 0 saturated carbocycles. The standard InChI is InChI=1S/C23H25N5OS/c1-15-25-21(18-13-19(30-23(18)26-15)16-7-4-3-5-8-16)28-11-6-9-17(14-28)20(29)22-24-10-12-27(22)2/h3-5,7-8,10,12-13,17,20,29H,6,9,11,14H2,1-2H3. The molecule has 1 fully saturated rings. The first-order chi connectivity index (χ1) is 14.6. The number of imidazole rings is 1. The van der Waals surface area contributed by atoms with Crippen LogP contribution < -0.4 is 4.90 Å². The Kier molecular flexibility index (Phi) is 5.00. The van der Waals surface area contributed by atoms with E-state index >= 15 is 0 Å². The fraction of sp³-hybridized carbons (Fsp3) is 0.348. The van der Waals surface area contributed by atoms with E-state index in [2.05, 4.69) is 40.2 Å². The molecule has 1 aromatic carbocycles. The van der Waals surface area contributed by atoms with Crippen molar-refractivity contribution in [3.8, 4) is 10.4 Å². The SMILES string of the molecule is Cc1nc(N2CCCC(C(O)c3nccn3C)C2)c2cc(-c3ccccc3)sc2n1. The van der Waals surface area contributed by atoms with E-state index in [9.17, 15) is 5.11 Å². The Morgan fingerprint density at radius 1 is 1.20 bits per heavy atom. The van der Waals surface area contributed by atoms with Gasteiger partial charge in [0.25, 0.3) is 0 Å². The summed E-state index contributed by atoms with van der Waals surface area (Å²) < 4.78 is 1.90. The summed E-state index contributed by atoms with van der Waals surface area (Å²) in [6.07, 6.45) is 5.05. The number of thiophene rings is 1. The lowest BCUT2D eigenvalue weighted by atomic mass is 9.92. The third-order valence-corrected chi connectivity index (χ3v) is 6.95. The fourth-order valence-electron chi connectivity index (χ4n) is 4.33. The zero-order valence-electron chi connectivity index (χ0n) is 17.2. The zero-order valence-corrected chi connectivity index (χ0v) is 18.0. The largest absolute Gasteiger partial charge is 0.385 e. The first-order valence-corrected chi connectivity index (χ1v) is 11.2. The number of aliphatic hydroxyl groups is 1. The lowest BCUT2D eigenvalue weighted by Crippen LogP contribution is -2.39. The molecule has 6 nitrogen and oxygen atoms in total. The summed E-state index contributed by atoms with van der Waals surface area (Å²) in [4.78, 5) is 18.4. The second kappa shape index (κ2) is 7.81. The zero-order chi connectivity index (χ0) is 20.7. The summed E-state index contributed by atoms with van der Waals surface area (Å²) in [7, 11) is 1.93. The van der Waals surface area contributed by atoms with Crippen molar-refractivity contribution in [2.75, 3.05) is 18.0 Å². The van der Waals surface area contributed by atoms with Crippen molar-refractivity contribution in [3.05, 3.63) is 60.4 Å². The van der Waals surface area contributed by atoms with Gasteiger partial charge in [0, 0.05) is 43.3 Å². The van der Waals surface area contributed by atoms with Gasteiger partial charge in [0.1, 0.15) is 28.4 Å². The minimum atomic E-state index is -0.575. The Bertz CT molecular complexity index is 1170. The highest BCUT2D eigenvalue weighted by Crippen LogP contribution is 2.38. The van der Waals surface area contributed by atoms with E-state index < -0.39 is 6.10 Å². The molecule has 2 atom stereocenters. The van der Waals surface area contributed by atoms with Crippen LogP contribution in [-0.2, 0) is 7.05 Å². The number of fused-ring (bicyclic) bond motifs is 1. The lowest BCUT2D eigenvalue weighted by Gasteiger charge is -2.36. The Labute approximate surface area is 179 Å². The highest BCUT2D eigenvalue weighted by Gasteiger charge is 2.30. The van der Waals surface area contributed by atoms with Crippen molar-refractivity contribution in [1.29, 1.82) is 0 Å². The molecule has 0 aliphatic carbocycles. The number of anilines is 1. The lowest BCUT2D eigenvalue weighted by molar-refractivity contribution is 0.0874. The van der Waals surface area contributed by atoms with Gasteiger partial charge in [-0.05, 0) is 31.4 Å². The van der Waals surface area contributed by atoms with Gasteiger partial charge in [-0.15, -0.1) is 11.3 Å². The molecule has 0 amide bonds. The number of rotatable bonds is 4. The third-order valence-electron chi connectivity index (χ3n) is 5.87. The quantitative estimate of drug-likeness (QED) is 0.533. The summed E-state index contributed by atoms with van der Waals surface area (Å²) in [6.45, 7) is 3.65. The number of benzene rings is 1. The minimum Gasteiger partial charge on any atom is -0.385 e. The van der Waals surface area contributed by atoms with Gasteiger partial charge < -0.3 is 14.6 Å². The molecular formula is C23H25N5OS. The number of aromatic nitrogens is 4. The maximum Gasteiger partial charge on any atom is 0.141 e. The van der Waals surface area contributed by atoms with E-state index in [1.807, 2.05) is 30.8 Å². The molecule has 1 saturated heterocycles. The van der Waals surface area contributed by atoms with Crippen LogP contribution in [0.5, 0.6) is 0 Å². The molecule has 1 aliphatic rings. The monoisotopic (exact) mass is 419 g/mol. The molecule has 7 heteroatoms. The van der Waals surface area contributed by atoms with Crippen LogP contribution in [0.25, 0.3) is 20.7 Å². The van der Waals surface area contributed by atoms with Crippen molar-refractivity contribution in [1.82, 2.24) is 19.5 Å². The second-order valence-corrected chi connectivity index (χ2v) is 9.01. The summed E-state index contributed by atoms with van der Waals surface area (Å²) in [5.74, 6) is 2.61. The van der Waals surface area contributed by atoms with Gasteiger partial charge >= 0.3 is 0 Å². The predicted molar refractivity (Wildman–Crippen MR) is 121 cm³/mol. The topological polar surface area (TPSA) is 67.1 Å². The maximum atomic E-state index is 11.0. The molecular weight excluding hydrogens is 394 g/mol. The fourth-order valence-corrected chi connectivity index (χ4v) is 5.41. The average Bonchev–Trinajstić information content (AvgIpc) is 3.39. The van der Waals surface area contributed by atoms with E-state index in [1.165, 1.54) is 10.4 Å². The van der Waals surface area contributed by atoms with Gasteiger partial charge in [0.2, 0.25) is 0 Å². The van der Waals surface area contributed by atoms with Crippen LogP contribution in [0.3, 0.4) is 0 Å². The number of nitrogens with zero attached hydrogens (tertiary/aromatic N) is 5. The van der Waals surface area contributed by atoms with E-state index in [0.717, 1.165) is 53.6 Å². The van der Waals surface area contributed by atoms with Crippen molar-refractivity contribution in [2.24, 2.45) is 13.0 Å². The smallest absolute Gasteiger partial charge is 0.141 e. The van der Waals surface area contributed by atoms with Crippen molar-refractivity contribution in [3.63, 3.8) is 0 Å². The summed E-state index contributed by atoms with van der Waals surface area (Å²) in [6, 6.07) is 12.6. The predicted octanol–water partition coefficient (Wildman–Crippen LogP) is 4.35. The number of aryl methyl sites for hydroxylation is 2. The van der Waals surface area contributed by atoms with Crippen molar-refractivity contribution in [2.45, 2.75) is 25.9 Å². The van der Waals surface area contributed by atoms with Gasteiger partial charge in [-0.25, -0.2) is 15.0 Å². The van der Waals surface area contributed by atoms with E-state index in [1.54, 1.807) is 17.5 Å². The molecule has 5 rings (SSSR count). The van der Waals surface area contributed by atoms with E-state index in [-0.39, 0.29) is 5.92 Å². The molecule has 1 N–H and O–H groups in total. The molecule has 2 unspecified atom stereocenters. The molecule has 4 aromatic rings. The molecule has 0 spiro atoms. The Morgan fingerprint density at radius 2 is 2.03 bits per heavy atom. The summed E-state index contributed by atoms with van der Waals surface area (Å²) in [5.41, 5.74) is 1.20. The van der Waals surface area contributed by atoms with E-state index in [0.29, 0.717) is 0 Å². The van der Waals surface area contributed by atoms with E-state index in [4.69, 9.17) is 9.97 Å². The number of hydrogen-bond acceptors (Lipinski definition) is 6. The van der Waals surface area contributed by atoms with Crippen LogP contribution in [-0.4, -0.2) is 37.7 Å². The number of piperidine rings is 1. The Hall–Kier alpha value is -2.77. The summed E-state index contributed by atoms with van der Waals surface area (Å²) >= 11 is 1.71. The molecule has 154 valence electrons. The number of aliphatic hydroxyl groups excluding tert-OH is 1. The van der Waals surface area contributed by atoms with Crippen LogP contribution in [0.2, 0.25) is 0 Å². The van der Waals surface area contributed by atoms with Crippen LogP contribution in [0, 0.1) is 12.8 Å². The average molecular weight is 420 g/mol. The Morgan fingerprint density at radius 3 is 2.80 bits per heavy atom. The highest BCUT2D eigenvalue weighted by atomic mass is 32.1. The first kappa shape index (κ1) is 19.2. The Balaban J connectivity index is 1.49. The van der Waals surface area contributed by atoms with Crippen LogP contribution in [0.15, 0.2) is 48.8 Å². The maximum absolute atomic E-state index is 11.0. The van der Waals surface area contributed by atoms with Gasteiger partial charge in [-0.2, -0.15) is 0 Å². The highest BCUT2D eigenvalue weighted by molar-refractivity contribution is 7.21. The summed E-state index contributed by atoms with van der Waals surface area (Å²) in [5, 5.41) is 12.1. The molecule has 3 aromatic heterocycles. The van der Waals surface area contributed by atoms with Crippen molar-refractivity contribution >= 4 is 27.4 Å². The molecule has 0 radical (unpaired) electrons. The normalized spacial score (nSPS) is 18.1. The molecule has 0 bridgehead atoms. The third kappa shape index (κ3) is 3.48. The van der Waals surface area contributed by atoms with Crippen LogP contribution in [0.4, 0.5) is 5.82 Å². The van der Waals surface area contributed by atoms with Crippen molar-refractivity contribution < 1.29 is 5.11 Å². The molecule has 30 heavy (non-hydrogen) atoms. The van der Waals surface area contributed by atoms with Crippen LogP contribution in [0.1, 0.15) is 30.6 Å². The van der Waals surface area contributed by atoms with Gasteiger partial charge in [-0.3, -0.25) is 0 Å². The molecule has 1 aliphatic heterocycles. The number of hydrogen-bond donors (Lipinski definition) is 1. The second-order valence-electron chi connectivity index (χ2n) is 7.98. The van der Waals surface area contributed by atoms with Crippen LogP contribution >= 0.6 is 11.3 Å². The minimum absolute atomic E-state index is 0.123. The van der Waals surface area contributed by atoms with Gasteiger partial charge in [0.05, 0.1) is 5.39 Å². The van der Waals surface area contributed by atoms with Gasteiger partial charge in [0.15, 0.2) is 0 Å².